The van der Waals surface area contributed by atoms with Crippen molar-refractivity contribution in [3.63, 3.8) is 0 Å². The van der Waals surface area contributed by atoms with Gasteiger partial charge >= 0.3 is 0 Å². The third-order valence-electron chi connectivity index (χ3n) is 1.54. The molecule has 5 heteroatoms. The van der Waals surface area contributed by atoms with E-state index in [2.05, 4.69) is 15.9 Å². The van der Waals surface area contributed by atoms with Gasteiger partial charge in [-0.1, -0.05) is 0 Å². The molecular formula is C10H12BrNO3. The van der Waals surface area contributed by atoms with Gasteiger partial charge in [-0.15, -0.1) is 0 Å². The predicted molar refractivity (Wildman–Crippen MR) is 61.2 cm³/mol. The molecule has 82 valence electrons. The summed E-state index contributed by atoms with van der Waals surface area (Å²) in [6, 6.07) is 4.44. The highest BCUT2D eigenvalue weighted by Crippen LogP contribution is 2.31. The van der Waals surface area contributed by atoms with E-state index in [-0.39, 0.29) is 11.3 Å². The third-order valence-corrected chi connectivity index (χ3v) is 2.16. The maximum absolute atomic E-state index is 10.5. The fraction of sp³-hybridized carbons (Fsp3) is 0.400. The van der Waals surface area contributed by atoms with Crippen molar-refractivity contribution in [3.8, 4) is 5.75 Å². The number of hydrogen-bond donors (Lipinski definition) is 0. The van der Waals surface area contributed by atoms with Crippen LogP contribution in [0.15, 0.2) is 22.7 Å². The number of rotatable bonds is 2. The zero-order valence-electron chi connectivity index (χ0n) is 8.78. The average molecular weight is 274 g/mol. The second-order valence-electron chi connectivity index (χ2n) is 4.09. The lowest BCUT2D eigenvalue weighted by molar-refractivity contribution is -0.385. The minimum atomic E-state index is -0.439. The predicted octanol–water partition coefficient (Wildman–Crippen LogP) is 3.53. The molecule has 0 spiro atoms. The van der Waals surface area contributed by atoms with Crippen molar-refractivity contribution in [3.05, 3.63) is 32.8 Å². The van der Waals surface area contributed by atoms with Crippen LogP contribution in [0.4, 0.5) is 5.69 Å². The highest BCUT2D eigenvalue weighted by atomic mass is 79.9. The van der Waals surface area contributed by atoms with Crippen molar-refractivity contribution < 1.29 is 9.66 Å². The number of non-ortho nitro benzene ring substituents is 1. The molecule has 0 saturated carbocycles. The van der Waals surface area contributed by atoms with Gasteiger partial charge in [0, 0.05) is 12.1 Å². The van der Waals surface area contributed by atoms with Gasteiger partial charge in [-0.05, 0) is 42.8 Å². The fourth-order valence-electron chi connectivity index (χ4n) is 1.02. The van der Waals surface area contributed by atoms with E-state index in [1.165, 1.54) is 12.1 Å². The number of halogens is 1. The maximum atomic E-state index is 10.5. The Bertz CT molecular complexity index is 385. The molecule has 0 aromatic heterocycles. The molecule has 0 aliphatic heterocycles. The van der Waals surface area contributed by atoms with Crippen LogP contribution in [0.5, 0.6) is 5.75 Å². The van der Waals surface area contributed by atoms with E-state index in [1.54, 1.807) is 6.07 Å². The van der Waals surface area contributed by atoms with Crippen LogP contribution in [0.1, 0.15) is 20.8 Å². The summed E-state index contributed by atoms with van der Waals surface area (Å²) in [6.07, 6.45) is 0. The Morgan fingerprint density at radius 2 is 2.00 bits per heavy atom. The van der Waals surface area contributed by atoms with E-state index in [0.29, 0.717) is 10.2 Å². The van der Waals surface area contributed by atoms with Crippen molar-refractivity contribution in [2.45, 2.75) is 26.4 Å². The number of nitrogens with zero attached hydrogens (tertiary/aromatic N) is 1. The van der Waals surface area contributed by atoms with Gasteiger partial charge in [0.25, 0.3) is 5.69 Å². The van der Waals surface area contributed by atoms with Crippen molar-refractivity contribution in [2.24, 2.45) is 0 Å². The minimum absolute atomic E-state index is 0.0446. The lowest BCUT2D eigenvalue weighted by Crippen LogP contribution is -2.23. The Balaban J connectivity index is 2.99. The van der Waals surface area contributed by atoms with Crippen LogP contribution >= 0.6 is 15.9 Å². The van der Waals surface area contributed by atoms with Crippen LogP contribution in [0.25, 0.3) is 0 Å². The molecule has 0 heterocycles. The van der Waals surface area contributed by atoms with Crippen molar-refractivity contribution in [1.29, 1.82) is 0 Å². The Kier molecular flexibility index (Phi) is 3.34. The highest BCUT2D eigenvalue weighted by molar-refractivity contribution is 9.10. The van der Waals surface area contributed by atoms with Gasteiger partial charge < -0.3 is 4.74 Å². The molecule has 0 aliphatic carbocycles. The van der Waals surface area contributed by atoms with Crippen LogP contribution in [0, 0.1) is 10.1 Å². The van der Waals surface area contributed by atoms with Crippen LogP contribution in [-0.4, -0.2) is 10.5 Å². The van der Waals surface area contributed by atoms with Crippen LogP contribution in [0.2, 0.25) is 0 Å². The van der Waals surface area contributed by atoms with Crippen molar-refractivity contribution >= 4 is 21.6 Å². The molecule has 0 fully saturated rings. The molecule has 0 unspecified atom stereocenters. The van der Waals surface area contributed by atoms with Gasteiger partial charge in [-0.3, -0.25) is 10.1 Å². The molecule has 1 aromatic rings. The number of nitro groups is 1. The largest absolute Gasteiger partial charge is 0.487 e. The molecule has 1 aromatic carbocycles. The lowest BCUT2D eigenvalue weighted by atomic mass is 10.2. The summed E-state index contributed by atoms with van der Waals surface area (Å²) in [5.41, 5.74) is -0.276. The second-order valence-corrected chi connectivity index (χ2v) is 4.94. The van der Waals surface area contributed by atoms with E-state index in [9.17, 15) is 10.1 Å². The first kappa shape index (κ1) is 12.0. The molecule has 0 N–H and O–H groups in total. The molecule has 0 amide bonds. The minimum Gasteiger partial charge on any atom is -0.487 e. The van der Waals surface area contributed by atoms with Crippen molar-refractivity contribution in [2.75, 3.05) is 0 Å². The molecule has 0 radical (unpaired) electrons. The first-order valence-electron chi connectivity index (χ1n) is 4.42. The number of ether oxygens (including phenoxy) is 1. The first-order chi connectivity index (χ1) is 6.79. The average Bonchev–Trinajstić information content (AvgIpc) is 2.05. The van der Waals surface area contributed by atoms with Gasteiger partial charge in [0.1, 0.15) is 11.4 Å². The van der Waals surface area contributed by atoms with Gasteiger partial charge in [0.05, 0.1) is 9.40 Å². The standard InChI is InChI=1S/C10H12BrNO3/c1-10(2,3)15-9-5-4-7(12(13)14)6-8(9)11/h4-6H,1-3H3. The number of hydrogen-bond acceptors (Lipinski definition) is 3. The Morgan fingerprint density at radius 3 is 2.40 bits per heavy atom. The molecule has 1 rings (SSSR count). The molecular weight excluding hydrogens is 262 g/mol. The van der Waals surface area contributed by atoms with Crippen LogP contribution in [-0.2, 0) is 0 Å². The quantitative estimate of drug-likeness (QED) is 0.612. The fourth-order valence-corrected chi connectivity index (χ4v) is 1.46. The van der Waals surface area contributed by atoms with Crippen LogP contribution < -0.4 is 4.74 Å². The Labute approximate surface area is 96.5 Å². The number of nitro benzene ring substituents is 1. The van der Waals surface area contributed by atoms with E-state index < -0.39 is 4.92 Å². The highest BCUT2D eigenvalue weighted by Gasteiger charge is 2.16. The Hall–Kier alpha value is -1.10. The summed E-state index contributed by atoms with van der Waals surface area (Å²) in [6.45, 7) is 5.75. The van der Waals surface area contributed by atoms with E-state index in [1.807, 2.05) is 20.8 Å². The van der Waals surface area contributed by atoms with E-state index in [4.69, 9.17) is 4.74 Å². The summed E-state index contributed by atoms with van der Waals surface area (Å²) in [4.78, 5) is 10.1. The Morgan fingerprint density at radius 1 is 1.40 bits per heavy atom. The first-order valence-corrected chi connectivity index (χ1v) is 5.22. The maximum Gasteiger partial charge on any atom is 0.270 e. The summed E-state index contributed by atoms with van der Waals surface area (Å²) in [7, 11) is 0. The molecule has 0 saturated heterocycles. The molecule has 0 bridgehead atoms. The summed E-state index contributed by atoms with van der Waals surface area (Å²) in [5, 5.41) is 10.5. The summed E-state index contributed by atoms with van der Waals surface area (Å²) >= 11 is 3.24. The van der Waals surface area contributed by atoms with Crippen molar-refractivity contribution in [1.82, 2.24) is 0 Å². The zero-order chi connectivity index (χ0) is 11.6. The van der Waals surface area contributed by atoms with Gasteiger partial charge in [0.15, 0.2) is 0 Å². The second kappa shape index (κ2) is 4.18. The zero-order valence-corrected chi connectivity index (χ0v) is 10.4. The molecule has 4 nitrogen and oxygen atoms in total. The molecule has 0 aliphatic rings. The number of benzene rings is 1. The van der Waals surface area contributed by atoms with Gasteiger partial charge in [0.2, 0.25) is 0 Å². The third kappa shape index (κ3) is 3.51. The summed E-state index contributed by atoms with van der Waals surface area (Å²) in [5.74, 6) is 0.605. The normalized spacial score (nSPS) is 11.2. The van der Waals surface area contributed by atoms with E-state index >= 15 is 0 Å². The van der Waals surface area contributed by atoms with Gasteiger partial charge in [-0.25, -0.2) is 0 Å². The lowest BCUT2D eigenvalue weighted by Gasteiger charge is -2.21. The summed E-state index contributed by atoms with van der Waals surface area (Å²) < 4.78 is 6.19. The van der Waals surface area contributed by atoms with Crippen LogP contribution in [0.3, 0.4) is 0 Å². The molecule has 15 heavy (non-hydrogen) atoms. The van der Waals surface area contributed by atoms with E-state index in [0.717, 1.165) is 0 Å². The smallest absolute Gasteiger partial charge is 0.270 e. The van der Waals surface area contributed by atoms with Gasteiger partial charge in [-0.2, -0.15) is 0 Å². The molecule has 0 atom stereocenters. The monoisotopic (exact) mass is 273 g/mol. The SMILES string of the molecule is CC(C)(C)Oc1ccc([N+](=O)[O-])cc1Br. The topological polar surface area (TPSA) is 52.4 Å².